The van der Waals surface area contributed by atoms with E-state index in [1.54, 1.807) is 25.3 Å². The lowest BCUT2D eigenvalue weighted by atomic mass is 9.76. The van der Waals surface area contributed by atoms with Crippen LogP contribution in [-0.4, -0.2) is 171 Å². The van der Waals surface area contributed by atoms with Gasteiger partial charge in [0.05, 0.1) is 30.0 Å². The molecule has 4 aromatic heterocycles. The predicted octanol–water partition coefficient (Wildman–Crippen LogP) is 8.93. The number of fused-ring (bicyclic) bond motifs is 3. The van der Waals surface area contributed by atoms with E-state index in [0.29, 0.717) is 49.9 Å². The quantitative estimate of drug-likeness (QED) is 0.0310. The maximum absolute atomic E-state index is 13.6. The lowest BCUT2D eigenvalue weighted by Crippen LogP contribution is -2.62. The van der Waals surface area contributed by atoms with Gasteiger partial charge < -0.3 is 62.5 Å². The summed E-state index contributed by atoms with van der Waals surface area (Å²) in [4.78, 5) is 90.3. The minimum absolute atomic E-state index is 0.0411. The molecule has 7 aliphatic heterocycles. The number of hydrogen-bond donors (Lipinski definition) is 10. The molecule has 4 atom stereocenters. The topological polar surface area (TPSA) is 305 Å². The van der Waals surface area contributed by atoms with Gasteiger partial charge in [-0.1, -0.05) is 55.7 Å². The fourth-order valence-electron chi connectivity index (χ4n) is 15.6. The number of nitrogens with two attached hydrogens (primary N) is 1. The number of aryl methyl sites for hydroxylation is 1. The van der Waals surface area contributed by atoms with Crippen LogP contribution in [-0.2, 0) is 42.4 Å². The maximum Gasteiger partial charge on any atom is 0.343 e. The Morgan fingerprint density at radius 1 is 0.704 bits per heavy atom. The predicted molar refractivity (Wildman–Crippen MR) is 406 cm³/mol. The first-order valence-corrected chi connectivity index (χ1v) is 38.7. The van der Waals surface area contributed by atoms with Crippen molar-refractivity contribution >= 4 is 40.9 Å². The summed E-state index contributed by atoms with van der Waals surface area (Å²) in [6, 6.07) is 24.5. The molecule has 28 heteroatoms. The zero-order valence-corrected chi connectivity index (χ0v) is 62.6. The molecule has 584 valence electrons. The number of likely N-dealkylation sites (tertiary alicyclic amines) is 1. The number of imidazole rings is 2. The van der Waals surface area contributed by atoms with Crippen LogP contribution < -0.4 is 54.0 Å². The van der Waals surface area contributed by atoms with Crippen LogP contribution in [0.1, 0.15) is 175 Å². The van der Waals surface area contributed by atoms with E-state index in [1.807, 2.05) is 98.1 Å². The number of aromatic amines is 1. The van der Waals surface area contributed by atoms with Gasteiger partial charge >= 0.3 is 17.7 Å². The van der Waals surface area contributed by atoms with E-state index in [9.17, 15) is 46.3 Å². The van der Waals surface area contributed by atoms with Gasteiger partial charge in [-0.15, -0.1) is 0 Å². The number of imide groups is 1. The Morgan fingerprint density at radius 2 is 1.39 bits per heavy atom. The van der Waals surface area contributed by atoms with Crippen molar-refractivity contribution in [2.24, 2.45) is 11.7 Å². The molecule has 4 unspecified atom stereocenters. The average molecular weight is 1500 g/mol. The highest BCUT2D eigenvalue weighted by Gasteiger charge is 2.54. The summed E-state index contributed by atoms with van der Waals surface area (Å²) in [6.07, 6.45) is 27.7. The van der Waals surface area contributed by atoms with Crippen LogP contribution in [0.25, 0.3) is 11.2 Å². The van der Waals surface area contributed by atoms with E-state index >= 15 is 0 Å². The third-order valence-corrected chi connectivity index (χ3v) is 21.5. The number of carbonyl (C=O) groups is 5. The van der Waals surface area contributed by atoms with E-state index in [-0.39, 0.29) is 78.9 Å². The van der Waals surface area contributed by atoms with Gasteiger partial charge in [-0.3, -0.25) is 33.8 Å². The van der Waals surface area contributed by atoms with Crippen LogP contribution in [0.2, 0.25) is 0 Å². The number of alkyl halides is 1. The van der Waals surface area contributed by atoms with E-state index in [4.69, 9.17) is 5.73 Å². The molecule has 7 saturated heterocycles. The van der Waals surface area contributed by atoms with E-state index in [2.05, 4.69) is 76.7 Å². The van der Waals surface area contributed by atoms with Gasteiger partial charge in [0.25, 0.3) is 5.91 Å². The number of amides is 5. The highest BCUT2D eigenvalue weighted by molar-refractivity contribution is 6.08. The van der Waals surface area contributed by atoms with Crippen molar-refractivity contribution < 1.29 is 46.3 Å². The maximum atomic E-state index is 13.6. The van der Waals surface area contributed by atoms with Crippen LogP contribution >= 0.6 is 0 Å². The second-order valence-corrected chi connectivity index (χ2v) is 29.4. The molecule has 1 saturated carbocycles. The minimum Gasteiger partial charge on any atom is -0.464 e. The van der Waals surface area contributed by atoms with Crippen molar-refractivity contribution in [3.63, 3.8) is 0 Å². The zero-order valence-electron chi connectivity index (χ0n) is 62.6. The number of piperazine rings is 2. The fourth-order valence-corrected chi connectivity index (χ4v) is 15.6. The molecule has 0 radical (unpaired) electrons. The molecule has 7 aromatic rings. The lowest BCUT2D eigenvalue weighted by molar-refractivity contribution is -0.159. The number of hydrogen-bond acceptors (Lipinski definition) is 17. The van der Waals surface area contributed by atoms with Crippen molar-refractivity contribution in [3.8, 4) is 0 Å². The van der Waals surface area contributed by atoms with Crippen molar-refractivity contribution in [1.29, 1.82) is 0 Å². The smallest absolute Gasteiger partial charge is 0.343 e. The third-order valence-electron chi connectivity index (χ3n) is 21.5. The number of H-pyrrole nitrogens is 1. The Hall–Kier alpha value is -8.77. The van der Waals surface area contributed by atoms with Gasteiger partial charge in [0, 0.05) is 94.2 Å². The fraction of sp³-hybridized carbons (Fsp3) is 0.537. The number of ether oxygens (including phenoxy) is 1. The molecular weight excluding hydrogens is 1390 g/mol. The Labute approximate surface area is 630 Å². The molecule has 108 heavy (non-hydrogen) atoms. The molecular formula is C80H109F4N17O7. The van der Waals surface area contributed by atoms with Crippen molar-refractivity contribution in [2.75, 3.05) is 85.1 Å². The molecule has 2 aliphatic carbocycles. The summed E-state index contributed by atoms with van der Waals surface area (Å²) in [6.45, 7) is 17.8. The third kappa shape index (κ3) is 22.0. The summed E-state index contributed by atoms with van der Waals surface area (Å²) < 4.78 is 61.3. The normalized spacial score (nSPS) is 22.1. The SMILES string of the molecule is CC(C)N1C(=O)NC2(CCCc3ccccc32)C1=O.CCOC(=O)C1(F)CCNCC1.NC(CCN1CCCCC1)c1ccncc1.O=C1NC(c2cc(F)cc(F)c2)CNC12CCCC2.O=C1NCCNC1c1ccc(F)cc1.O=c1[nH]c2ncccc2n1C1CCNCC1.c1cn(CC2CCNCC2)cn1. The molecule has 3 aromatic carbocycles. The number of nitrogens with zero attached hydrogens (tertiary/aromatic N) is 7. The van der Waals surface area contributed by atoms with Gasteiger partial charge in [-0.2, -0.15) is 0 Å². The summed E-state index contributed by atoms with van der Waals surface area (Å²) >= 11 is 0. The summed E-state index contributed by atoms with van der Waals surface area (Å²) in [5.41, 5.74) is 9.31. The van der Waals surface area contributed by atoms with Crippen molar-refractivity contribution in [3.05, 3.63) is 184 Å². The van der Waals surface area contributed by atoms with Crippen molar-refractivity contribution in [2.45, 2.75) is 183 Å². The Morgan fingerprint density at radius 3 is 2.04 bits per heavy atom. The summed E-state index contributed by atoms with van der Waals surface area (Å²) in [5, 5.41) is 24.6. The second kappa shape index (κ2) is 40.1. The number of pyridine rings is 2. The molecule has 2 spiro atoms. The summed E-state index contributed by atoms with van der Waals surface area (Å²) in [7, 11) is 0. The number of aromatic nitrogens is 6. The second-order valence-electron chi connectivity index (χ2n) is 29.4. The van der Waals surface area contributed by atoms with E-state index in [0.717, 1.165) is 119 Å². The Kier molecular flexibility index (Phi) is 30.3. The molecule has 24 nitrogen and oxygen atoms in total. The molecule has 8 fully saturated rings. The molecule has 0 bridgehead atoms. The van der Waals surface area contributed by atoms with Gasteiger partial charge in [0.15, 0.2) is 5.65 Å². The van der Waals surface area contributed by atoms with Crippen LogP contribution in [0.3, 0.4) is 0 Å². The number of halogens is 4. The zero-order chi connectivity index (χ0) is 76.5. The largest absolute Gasteiger partial charge is 0.464 e. The number of nitrogens with one attached hydrogen (secondary N) is 9. The van der Waals surface area contributed by atoms with Gasteiger partial charge in [0.1, 0.15) is 29.0 Å². The minimum atomic E-state index is -1.73. The van der Waals surface area contributed by atoms with E-state index < -0.39 is 34.4 Å². The molecule has 16 rings (SSSR count). The lowest BCUT2D eigenvalue weighted by Gasteiger charge is -2.38. The highest BCUT2D eigenvalue weighted by atomic mass is 19.1. The Bertz CT molecular complexity index is 4020. The van der Waals surface area contributed by atoms with Crippen LogP contribution in [0.4, 0.5) is 22.4 Å². The van der Waals surface area contributed by atoms with Gasteiger partial charge in [-0.25, -0.2) is 41.9 Å². The first-order chi connectivity index (χ1) is 52.3. The number of esters is 1. The van der Waals surface area contributed by atoms with Gasteiger partial charge in [-0.05, 0) is 239 Å². The number of urea groups is 1. The van der Waals surface area contributed by atoms with Crippen LogP contribution in [0.5, 0.6) is 0 Å². The van der Waals surface area contributed by atoms with Crippen molar-refractivity contribution in [1.82, 2.24) is 81.4 Å². The number of benzene rings is 3. The Balaban J connectivity index is 0.000000135. The van der Waals surface area contributed by atoms with E-state index in [1.165, 1.54) is 98.6 Å². The number of piperidine rings is 4. The molecule has 11 heterocycles. The monoisotopic (exact) mass is 1500 g/mol. The molecule has 11 N–H and O–H groups in total. The molecule has 5 amide bonds. The summed E-state index contributed by atoms with van der Waals surface area (Å²) in [5.74, 6) is -1.58. The highest BCUT2D eigenvalue weighted by Crippen LogP contribution is 2.41. The van der Waals surface area contributed by atoms with Crippen LogP contribution in [0, 0.1) is 23.4 Å². The van der Waals surface area contributed by atoms with Gasteiger partial charge in [0.2, 0.25) is 17.5 Å². The van der Waals surface area contributed by atoms with Crippen LogP contribution in [0.15, 0.2) is 133 Å². The number of carbonyl (C=O) groups excluding carboxylic acids is 5. The molecule has 9 aliphatic rings. The average Bonchev–Trinajstić information content (AvgIpc) is 1.57. The first-order valence-electron chi connectivity index (χ1n) is 38.7. The first kappa shape index (κ1) is 81.7. The number of rotatable bonds is 12. The standard InChI is InChI=1S/C15H18N2O2.C14H16F2N2O.C13H21N3.C11H14N4O.C10H11FN2O.C9H15N3.C8H14FNO2/c1-10(2)17-13(18)15(16-14(17)19)9-5-7-11-6-3-4-8-12(11)15;15-10-5-9(6-11(16)7-10)12-8-17-14(13(19)18-12)3-1-2-4-14;14-13(12-4-7-15-8-5-12)6-11-16-9-2-1-3-10-16;16-11-14-10-9(2-1-5-13-10)15(11)8-3-6-12-7-4-8;11-8-3-1-7(2-4-8)9-10(14)13-6-5-12-9;1-3-10-4-2-9(1)7-12-6-5-11-8-12;1-2-12-7(11)8(9)3-5-10-6-4-8/h3-4,6,8,10H,5,7,9H2,1-2H3,(H,16,19);5-7,12,17H,1-4,8H2,(H,18,19);4-5,7-8,13H,1-3,6,9-11,14H2;1-2,5,8,12H,3-4,6-7H2,(H,13,14,16);1-4,9,12H,5-6H2,(H,13,14);5-6,8-10H,1-4,7H2;10H,2-6H2,1H3.